The van der Waals surface area contributed by atoms with E-state index in [1.165, 1.54) is 16.5 Å². The van der Waals surface area contributed by atoms with E-state index in [-0.39, 0.29) is 0 Å². The van der Waals surface area contributed by atoms with Crippen LogP contribution in [0, 0.1) is 13.8 Å². The first-order valence-corrected chi connectivity index (χ1v) is 6.88. The molecule has 3 rings (SSSR count). The molecule has 0 heterocycles. The summed E-state index contributed by atoms with van der Waals surface area (Å²) in [5.41, 5.74) is 4.26. The number of rotatable bonds is 2. The highest BCUT2D eigenvalue weighted by molar-refractivity contribution is 5.83. The molecule has 3 aromatic carbocycles. The van der Waals surface area contributed by atoms with Crippen LogP contribution in [0.4, 0.5) is 0 Å². The predicted molar refractivity (Wildman–Crippen MR) is 83.9 cm³/mol. The van der Waals surface area contributed by atoms with Crippen molar-refractivity contribution in [3.05, 3.63) is 82.9 Å². The van der Waals surface area contributed by atoms with Crippen LogP contribution in [0.5, 0.6) is 0 Å². The average molecular weight is 262 g/mol. The molecule has 0 aliphatic carbocycles. The van der Waals surface area contributed by atoms with Gasteiger partial charge in [0.05, 0.1) is 0 Å². The Bertz CT molecular complexity index is 738. The van der Waals surface area contributed by atoms with Crippen LogP contribution in [0.1, 0.15) is 28.4 Å². The fraction of sp³-hybridized carbons (Fsp3) is 0.158. The van der Waals surface area contributed by atoms with E-state index in [2.05, 4.69) is 44.2 Å². The van der Waals surface area contributed by atoms with Gasteiger partial charge in [-0.25, -0.2) is 0 Å². The topological polar surface area (TPSA) is 20.2 Å². The van der Waals surface area contributed by atoms with Crippen LogP contribution in [0.25, 0.3) is 10.8 Å². The second-order valence-electron chi connectivity index (χ2n) is 5.43. The van der Waals surface area contributed by atoms with Crippen LogP contribution in [0.15, 0.2) is 60.7 Å². The van der Waals surface area contributed by atoms with Crippen molar-refractivity contribution in [2.75, 3.05) is 0 Å². The van der Waals surface area contributed by atoms with Gasteiger partial charge in [0.25, 0.3) is 0 Å². The zero-order valence-corrected chi connectivity index (χ0v) is 11.8. The molecule has 100 valence electrons. The zero-order chi connectivity index (χ0) is 14.1. The second kappa shape index (κ2) is 5.10. The van der Waals surface area contributed by atoms with E-state index in [4.69, 9.17) is 0 Å². The summed E-state index contributed by atoms with van der Waals surface area (Å²) in [7, 11) is 0. The van der Waals surface area contributed by atoms with Crippen LogP contribution in [0.2, 0.25) is 0 Å². The highest BCUT2D eigenvalue weighted by Crippen LogP contribution is 2.26. The van der Waals surface area contributed by atoms with E-state index < -0.39 is 6.10 Å². The van der Waals surface area contributed by atoms with Crippen LogP contribution in [-0.2, 0) is 0 Å². The first-order valence-electron chi connectivity index (χ1n) is 6.88. The van der Waals surface area contributed by atoms with Gasteiger partial charge in [-0.15, -0.1) is 0 Å². The number of aryl methyl sites for hydroxylation is 2. The lowest BCUT2D eigenvalue weighted by atomic mass is 9.96. The SMILES string of the molecule is Cc1cc(C)cc(C(O)c2ccc3ccccc3c2)c1. The van der Waals surface area contributed by atoms with Crippen molar-refractivity contribution in [1.29, 1.82) is 0 Å². The summed E-state index contributed by atoms with van der Waals surface area (Å²) in [5.74, 6) is 0. The number of hydrogen-bond acceptors (Lipinski definition) is 1. The van der Waals surface area contributed by atoms with Crippen molar-refractivity contribution in [2.24, 2.45) is 0 Å². The third-order valence-corrected chi connectivity index (χ3v) is 3.65. The first-order chi connectivity index (χ1) is 9.63. The zero-order valence-electron chi connectivity index (χ0n) is 11.8. The van der Waals surface area contributed by atoms with Gasteiger partial charge in [-0.1, -0.05) is 65.7 Å². The summed E-state index contributed by atoms with van der Waals surface area (Å²) < 4.78 is 0. The molecule has 0 fully saturated rings. The van der Waals surface area contributed by atoms with Gasteiger partial charge < -0.3 is 5.11 Å². The lowest BCUT2D eigenvalue weighted by molar-refractivity contribution is 0.220. The molecule has 20 heavy (non-hydrogen) atoms. The molecule has 3 aromatic rings. The van der Waals surface area contributed by atoms with E-state index in [0.717, 1.165) is 16.5 Å². The standard InChI is InChI=1S/C19H18O/c1-13-9-14(2)11-18(10-13)19(20)17-8-7-15-5-3-4-6-16(15)12-17/h3-12,19-20H,1-2H3. The third-order valence-electron chi connectivity index (χ3n) is 3.65. The smallest absolute Gasteiger partial charge is 0.104 e. The largest absolute Gasteiger partial charge is 0.384 e. The molecule has 0 aliphatic heterocycles. The molecule has 1 atom stereocenters. The van der Waals surface area contributed by atoms with E-state index in [1.54, 1.807) is 0 Å². The molecule has 0 bridgehead atoms. The van der Waals surface area contributed by atoms with Crippen molar-refractivity contribution < 1.29 is 5.11 Å². The van der Waals surface area contributed by atoms with Crippen molar-refractivity contribution in [2.45, 2.75) is 20.0 Å². The van der Waals surface area contributed by atoms with Crippen LogP contribution in [0.3, 0.4) is 0 Å². The summed E-state index contributed by atoms with van der Waals surface area (Å²) in [6.07, 6.45) is -0.571. The number of hydrogen-bond donors (Lipinski definition) is 1. The fourth-order valence-electron chi connectivity index (χ4n) is 2.74. The van der Waals surface area contributed by atoms with Gasteiger partial charge in [-0.2, -0.15) is 0 Å². The van der Waals surface area contributed by atoms with Gasteiger partial charge in [0.2, 0.25) is 0 Å². The van der Waals surface area contributed by atoms with E-state index >= 15 is 0 Å². The molecule has 0 spiro atoms. The summed E-state index contributed by atoms with van der Waals surface area (Å²) >= 11 is 0. The molecule has 0 aromatic heterocycles. The highest BCUT2D eigenvalue weighted by atomic mass is 16.3. The third kappa shape index (κ3) is 2.45. The lowest BCUT2D eigenvalue weighted by Crippen LogP contribution is -2.00. The molecule has 0 amide bonds. The number of benzene rings is 3. The van der Waals surface area contributed by atoms with Gasteiger partial charge in [0.15, 0.2) is 0 Å². The van der Waals surface area contributed by atoms with Crippen LogP contribution < -0.4 is 0 Å². The maximum atomic E-state index is 10.6. The Balaban J connectivity index is 2.05. The molecule has 0 saturated heterocycles. The Morgan fingerprint density at radius 3 is 2.05 bits per heavy atom. The van der Waals surface area contributed by atoms with Gasteiger partial charge >= 0.3 is 0 Å². The molecular formula is C19H18O. The van der Waals surface area contributed by atoms with Crippen LogP contribution in [-0.4, -0.2) is 5.11 Å². The van der Waals surface area contributed by atoms with Crippen molar-refractivity contribution in [1.82, 2.24) is 0 Å². The minimum atomic E-state index is -0.571. The molecule has 0 radical (unpaired) electrons. The molecule has 1 unspecified atom stereocenters. The normalized spacial score (nSPS) is 12.6. The molecule has 0 aliphatic rings. The van der Waals surface area contributed by atoms with Gasteiger partial charge in [-0.3, -0.25) is 0 Å². The molecule has 1 N–H and O–H groups in total. The Morgan fingerprint density at radius 2 is 1.35 bits per heavy atom. The summed E-state index contributed by atoms with van der Waals surface area (Å²) in [4.78, 5) is 0. The van der Waals surface area contributed by atoms with Crippen molar-refractivity contribution >= 4 is 10.8 Å². The summed E-state index contributed by atoms with van der Waals surface area (Å²) in [6.45, 7) is 4.12. The monoisotopic (exact) mass is 262 g/mol. The van der Waals surface area contributed by atoms with E-state index in [0.29, 0.717) is 0 Å². The maximum absolute atomic E-state index is 10.6. The van der Waals surface area contributed by atoms with Gasteiger partial charge in [-0.05, 0) is 41.8 Å². The van der Waals surface area contributed by atoms with Gasteiger partial charge in [0.1, 0.15) is 6.10 Å². The Hall–Kier alpha value is -2.12. The van der Waals surface area contributed by atoms with Crippen LogP contribution >= 0.6 is 0 Å². The van der Waals surface area contributed by atoms with Gasteiger partial charge in [0, 0.05) is 0 Å². The predicted octanol–water partition coefficient (Wildman–Crippen LogP) is 4.54. The Labute approximate surface area is 119 Å². The minimum Gasteiger partial charge on any atom is -0.384 e. The summed E-state index contributed by atoms with van der Waals surface area (Å²) in [5, 5.41) is 13.0. The maximum Gasteiger partial charge on any atom is 0.104 e. The quantitative estimate of drug-likeness (QED) is 0.719. The lowest BCUT2D eigenvalue weighted by Gasteiger charge is -2.14. The number of fused-ring (bicyclic) bond motifs is 1. The Morgan fingerprint density at radius 1 is 0.700 bits per heavy atom. The second-order valence-corrected chi connectivity index (χ2v) is 5.43. The first kappa shape index (κ1) is 12.9. The number of aliphatic hydroxyl groups is 1. The van der Waals surface area contributed by atoms with E-state index in [1.807, 2.05) is 30.3 Å². The summed E-state index contributed by atoms with van der Waals surface area (Å²) in [6, 6.07) is 20.6. The molecular weight excluding hydrogens is 244 g/mol. The van der Waals surface area contributed by atoms with Crippen molar-refractivity contribution in [3.63, 3.8) is 0 Å². The van der Waals surface area contributed by atoms with Crippen molar-refractivity contribution in [3.8, 4) is 0 Å². The molecule has 1 nitrogen and oxygen atoms in total. The molecule has 0 saturated carbocycles. The fourth-order valence-corrected chi connectivity index (χ4v) is 2.74. The molecule has 1 heteroatoms. The highest BCUT2D eigenvalue weighted by Gasteiger charge is 2.11. The van der Waals surface area contributed by atoms with E-state index in [9.17, 15) is 5.11 Å². The Kier molecular flexibility index (Phi) is 3.29. The minimum absolute atomic E-state index is 0.571. The average Bonchev–Trinajstić information content (AvgIpc) is 2.45. The number of aliphatic hydroxyl groups excluding tert-OH is 1.